The molecule has 130 valence electrons. The van der Waals surface area contributed by atoms with E-state index in [1.165, 1.54) is 13.8 Å². The molecule has 1 aliphatic rings. The number of anilines is 1. The van der Waals surface area contributed by atoms with Gasteiger partial charge in [-0.15, -0.1) is 0 Å². The zero-order chi connectivity index (χ0) is 23.2. The van der Waals surface area contributed by atoms with Gasteiger partial charge in [0.25, 0.3) is 5.56 Å². The first kappa shape index (κ1) is 10.6. The summed E-state index contributed by atoms with van der Waals surface area (Å²) >= 11 is 0. The fourth-order valence-corrected chi connectivity index (χ4v) is 2.90. The van der Waals surface area contributed by atoms with Crippen molar-refractivity contribution in [3.63, 3.8) is 0 Å². The van der Waals surface area contributed by atoms with Gasteiger partial charge in [0.15, 0.2) is 11.2 Å². The van der Waals surface area contributed by atoms with Gasteiger partial charge in [0, 0.05) is 8.16 Å². The molecule has 24 heavy (non-hydrogen) atoms. The number of aromatic nitrogens is 4. The molecule has 1 unspecified atom stereocenters. The van der Waals surface area contributed by atoms with E-state index in [1.807, 2.05) is 0 Å². The quantitative estimate of drug-likeness (QED) is 0.594. The molecule has 8 heteroatoms. The van der Waals surface area contributed by atoms with E-state index >= 15 is 0 Å². The monoisotopic (exact) mass is 339 g/mol. The first-order valence-corrected chi connectivity index (χ1v) is 7.26. The lowest BCUT2D eigenvalue weighted by molar-refractivity contribution is -0.00933. The second-order valence-corrected chi connectivity index (χ2v) is 5.78. The predicted octanol–water partition coefficient (Wildman–Crippen LogP) is 0.649. The summed E-state index contributed by atoms with van der Waals surface area (Å²) in [5, 5.41) is 21.6. The van der Waals surface area contributed by atoms with Crippen LogP contribution in [0, 0.1) is 12.3 Å². The maximum absolute atomic E-state index is 12.3. The first-order valence-electron chi connectivity index (χ1n) is 10.3. The Hall–Kier alpha value is -2.19. The Morgan fingerprint density at radius 3 is 2.96 bits per heavy atom. The van der Waals surface area contributed by atoms with Crippen molar-refractivity contribution < 1.29 is 18.4 Å². The van der Waals surface area contributed by atoms with Crippen LogP contribution in [0.2, 0.25) is 0 Å². The minimum absolute atomic E-state index is 0.0732. The summed E-state index contributed by atoms with van der Waals surface area (Å²) in [6, 6.07) is -3.22. The number of hydrogen-bond donors (Lipinski definition) is 4. The highest BCUT2D eigenvalue weighted by Gasteiger charge is 2.51. The lowest BCUT2D eigenvalue weighted by Gasteiger charge is -2.33. The number of hydrogen-bond acceptors (Lipinski definition) is 6. The number of fused-ring (bicyclic) bond motifs is 1. The molecule has 2 heterocycles. The number of aromatic amines is 1. The summed E-state index contributed by atoms with van der Waals surface area (Å²) in [5.74, 6) is -0.406. The summed E-state index contributed by atoms with van der Waals surface area (Å²) < 4.78 is 52.1. The molecule has 1 fully saturated rings. The van der Waals surface area contributed by atoms with Crippen molar-refractivity contribution in [2.45, 2.75) is 52.2 Å². The normalized spacial score (nSPS) is 43.9. The summed E-state index contributed by atoms with van der Waals surface area (Å²) in [5.41, 5.74) is 1.37. The summed E-state index contributed by atoms with van der Waals surface area (Å²) in [6.07, 6.45) is -9.10. The Labute approximate surface area is 147 Å². The zero-order valence-corrected chi connectivity index (χ0v) is 13.7. The molecule has 0 aliphatic heterocycles. The van der Waals surface area contributed by atoms with Gasteiger partial charge in [-0.25, -0.2) is 4.98 Å². The molecule has 8 nitrogen and oxygen atoms in total. The Balaban J connectivity index is 2.61. The number of allylic oxidation sites excluding steroid dienone is 1. The van der Waals surface area contributed by atoms with E-state index in [0.29, 0.717) is 0 Å². The molecule has 2 aromatic rings. The van der Waals surface area contributed by atoms with Gasteiger partial charge in [0.1, 0.15) is 5.82 Å². The summed E-state index contributed by atoms with van der Waals surface area (Å²) in [6.45, 7) is 4.55. The average molecular weight is 339 g/mol. The van der Waals surface area contributed by atoms with E-state index in [1.54, 1.807) is 0 Å². The average Bonchev–Trinajstić information content (AvgIpc) is 2.92. The maximum atomic E-state index is 12.3. The minimum atomic E-state index is -3.24. The molecule has 0 bridgehead atoms. The van der Waals surface area contributed by atoms with Crippen LogP contribution < -0.4 is 11.3 Å². The summed E-state index contributed by atoms with van der Waals surface area (Å²) in [4.78, 5) is 22.5. The molecule has 3 rings (SSSR count). The number of rotatable bonds is 2. The van der Waals surface area contributed by atoms with E-state index in [2.05, 4.69) is 15.0 Å². The van der Waals surface area contributed by atoms with Gasteiger partial charge in [-0.05, 0) is 32.7 Å². The third-order valence-electron chi connectivity index (χ3n) is 4.35. The number of nitrogens with zero attached hydrogens (tertiary/aromatic N) is 3. The SMILES string of the molecule is [2H]/C(C)=C1\[C@@]([2H])(n2c(C)nc3c(=O)[nH]c(N)nc32)C([2H])([2H])[C@]([2H])(O)[C@@]1(C)C([2H])(C)O. The van der Waals surface area contributed by atoms with Gasteiger partial charge in [-0.1, -0.05) is 13.0 Å². The molecule has 0 saturated heterocycles. The lowest BCUT2D eigenvalue weighted by Crippen LogP contribution is -2.38. The van der Waals surface area contributed by atoms with E-state index < -0.39 is 47.2 Å². The molecular weight excluding hydrogens is 310 g/mol. The number of H-pyrrole nitrogens is 1. The van der Waals surface area contributed by atoms with Gasteiger partial charge < -0.3 is 20.5 Å². The standard InChI is InChI=1S/C16H23N5O3/c1-5-9-10(6-11(23)16(9,4)7(2)22)21-8(3)18-12-13(21)19-15(17)20-14(12)24/h5,7,10-11,22-23H,6H2,1-4H3,(H3,17,19,20,24)/b9-5-/t7?,10-,11-,16-/m0/s1/i5D,6D2,7D,10D,11D. The van der Waals surface area contributed by atoms with Gasteiger partial charge in [0.2, 0.25) is 5.95 Å². The molecule has 1 saturated carbocycles. The van der Waals surface area contributed by atoms with Crippen molar-refractivity contribution >= 4 is 17.1 Å². The topological polar surface area (TPSA) is 130 Å². The third kappa shape index (κ3) is 2.10. The number of nitrogens with one attached hydrogen (secondary N) is 1. The van der Waals surface area contributed by atoms with Crippen LogP contribution in [0.3, 0.4) is 0 Å². The van der Waals surface area contributed by atoms with Crippen molar-refractivity contribution in [3.05, 3.63) is 27.8 Å². The van der Waals surface area contributed by atoms with Crippen LogP contribution in [0.5, 0.6) is 0 Å². The molecule has 5 N–H and O–H groups in total. The van der Waals surface area contributed by atoms with E-state index in [-0.39, 0.29) is 22.9 Å². The van der Waals surface area contributed by atoms with E-state index in [4.69, 9.17) is 12.6 Å². The molecule has 0 amide bonds. The highest BCUT2D eigenvalue weighted by atomic mass is 16.3. The zero-order valence-electron chi connectivity index (χ0n) is 19.7. The van der Waals surface area contributed by atoms with Gasteiger partial charge >= 0.3 is 0 Å². The molecule has 0 aromatic carbocycles. The van der Waals surface area contributed by atoms with Gasteiger partial charge in [-0.3, -0.25) is 9.78 Å². The van der Waals surface area contributed by atoms with Crippen LogP contribution in [0.4, 0.5) is 5.95 Å². The number of nitrogens with two attached hydrogens (primary N) is 1. The number of imidazole rings is 1. The van der Waals surface area contributed by atoms with Crippen LogP contribution in [-0.2, 0) is 0 Å². The Kier molecular flexibility index (Phi) is 2.40. The second kappa shape index (κ2) is 5.42. The minimum Gasteiger partial charge on any atom is -0.392 e. The van der Waals surface area contributed by atoms with Crippen LogP contribution in [-0.4, -0.2) is 41.9 Å². The Bertz CT molecular complexity index is 1150. The molecule has 2 aromatic heterocycles. The smallest absolute Gasteiger partial charge is 0.280 e. The van der Waals surface area contributed by atoms with Crippen molar-refractivity contribution in [2.24, 2.45) is 5.41 Å². The fraction of sp³-hybridized carbons (Fsp3) is 0.562. The molecule has 0 radical (unpaired) electrons. The molecule has 1 aliphatic carbocycles. The van der Waals surface area contributed by atoms with Crippen LogP contribution >= 0.6 is 0 Å². The predicted molar refractivity (Wildman–Crippen MR) is 90.5 cm³/mol. The number of nitrogen functional groups attached to an aromatic ring is 1. The summed E-state index contributed by atoms with van der Waals surface area (Å²) in [7, 11) is 0. The van der Waals surface area contributed by atoms with E-state index in [0.717, 1.165) is 18.4 Å². The number of aryl methyl sites for hydroxylation is 1. The van der Waals surface area contributed by atoms with Crippen LogP contribution in [0.25, 0.3) is 11.2 Å². The van der Waals surface area contributed by atoms with Crippen LogP contribution in [0.1, 0.15) is 47.2 Å². The Morgan fingerprint density at radius 1 is 1.71 bits per heavy atom. The van der Waals surface area contributed by atoms with E-state index in [9.17, 15) is 16.4 Å². The van der Waals surface area contributed by atoms with Crippen molar-refractivity contribution in [1.82, 2.24) is 19.5 Å². The highest BCUT2D eigenvalue weighted by Crippen LogP contribution is 2.51. The fourth-order valence-electron chi connectivity index (χ4n) is 2.90. The van der Waals surface area contributed by atoms with Crippen LogP contribution in [0.15, 0.2) is 16.4 Å². The highest BCUT2D eigenvalue weighted by molar-refractivity contribution is 5.72. The van der Waals surface area contributed by atoms with Gasteiger partial charge in [-0.2, -0.15) is 4.98 Å². The first-order chi connectivity index (χ1) is 13.4. The molecule has 4 atom stereocenters. The van der Waals surface area contributed by atoms with Crippen molar-refractivity contribution in [3.8, 4) is 0 Å². The molecular formula is C16H23N5O3. The largest absolute Gasteiger partial charge is 0.392 e. The number of aliphatic hydroxyl groups is 2. The molecule has 0 spiro atoms. The maximum Gasteiger partial charge on any atom is 0.280 e. The third-order valence-corrected chi connectivity index (χ3v) is 4.35. The second-order valence-electron chi connectivity index (χ2n) is 5.78. The van der Waals surface area contributed by atoms with Crippen molar-refractivity contribution in [1.29, 1.82) is 0 Å². The van der Waals surface area contributed by atoms with Gasteiger partial charge in [0.05, 0.1) is 23.7 Å². The van der Waals surface area contributed by atoms with Crippen molar-refractivity contribution in [2.75, 3.05) is 5.73 Å². The lowest BCUT2D eigenvalue weighted by atomic mass is 9.77. The Morgan fingerprint density at radius 2 is 2.38 bits per heavy atom.